The molecular formula is C6H8O5. The minimum absolute atomic E-state index is 0.108. The van der Waals surface area contributed by atoms with Gasteiger partial charge in [0.05, 0.1) is 13.3 Å². The van der Waals surface area contributed by atoms with Crippen LogP contribution in [-0.4, -0.2) is 30.4 Å². The van der Waals surface area contributed by atoms with Gasteiger partial charge < -0.3 is 14.6 Å². The van der Waals surface area contributed by atoms with Crippen molar-refractivity contribution in [3.8, 4) is 0 Å². The summed E-state index contributed by atoms with van der Waals surface area (Å²) >= 11 is 0. The number of carbonyl (C=O) groups is 2. The zero-order valence-corrected chi connectivity index (χ0v) is 5.78. The predicted molar refractivity (Wildman–Crippen MR) is 33.1 cm³/mol. The first-order chi connectivity index (χ1) is 5.16. The molecule has 0 aliphatic rings. The van der Waals surface area contributed by atoms with Gasteiger partial charge in [0.25, 0.3) is 0 Å². The number of hydrogen-bond acceptors (Lipinski definition) is 5. The molecule has 11 heavy (non-hydrogen) atoms. The quantitative estimate of drug-likeness (QED) is 0.427. The first kappa shape index (κ1) is 9.90. The highest BCUT2D eigenvalue weighted by atomic mass is 16.6. The van der Waals surface area contributed by atoms with Gasteiger partial charge in [-0.3, -0.25) is 9.59 Å². The fraction of sp³-hybridized carbons (Fsp3) is 0.500. The molecule has 2 radical (unpaired) electrons. The van der Waals surface area contributed by atoms with E-state index in [2.05, 4.69) is 16.4 Å². The highest BCUT2D eigenvalue weighted by molar-refractivity contribution is 5.74. The van der Waals surface area contributed by atoms with Crippen LogP contribution in [0.1, 0.15) is 6.42 Å². The molecule has 5 nitrogen and oxygen atoms in total. The van der Waals surface area contributed by atoms with E-state index in [1.165, 1.54) is 0 Å². The molecule has 1 N–H and O–H groups in total. The van der Waals surface area contributed by atoms with Crippen molar-refractivity contribution in [2.24, 2.45) is 0 Å². The van der Waals surface area contributed by atoms with Crippen LogP contribution in [0.25, 0.3) is 0 Å². The van der Waals surface area contributed by atoms with Crippen LogP contribution in [0, 0.1) is 6.92 Å². The van der Waals surface area contributed by atoms with Crippen LogP contribution in [0.4, 0.5) is 0 Å². The summed E-state index contributed by atoms with van der Waals surface area (Å²) in [4.78, 5) is 20.3. The van der Waals surface area contributed by atoms with Crippen molar-refractivity contribution in [2.45, 2.75) is 6.42 Å². The van der Waals surface area contributed by atoms with Crippen LogP contribution >= 0.6 is 0 Å². The van der Waals surface area contributed by atoms with Gasteiger partial charge in [-0.25, -0.2) is 0 Å². The minimum Gasteiger partial charge on any atom is -0.465 e. The fourth-order valence-corrected chi connectivity index (χ4v) is 0.379. The molecule has 0 fully saturated rings. The molecule has 0 atom stereocenters. The fourth-order valence-electron chi connectivity index (χ4n) is 0.379. The van der Waals surface area contributed by atoms with E-state index in [0.29, 0.717) is 0 Å². The third-order valence-corrected chi connectivity index (χ3v) is 0.776. The standard InChI is InChI=1S/C6H8O5/c1-5(8)10-3-2-6(9)11-4-7/h1,7H,2-4H2. The van der Waals surface area contributed by atoms with Crippen LogP contribution < -0.4 is 0 Å². The van der Waals surface area contributed by atoms with Crippen LogP contribution in [0.2, 0.25) is 0 Å². The summed E-state index contributed by atoms with van der Waals surface area (Å²) < 4.78 is 8.32. The molecule has 0 spiro atoms. The summed E-state index contributed by atoms with van der Waals surface area (Å²) in [5, 5.41) is 8.07. The molecule has 0 rings (SSSR count). The van der Waals surface area contributed by atoms with Gasteiger partial charge >= 0.3 is 11.9 Å². The number of hydrogen-bond donors (Lipinski definition) is 1. The maximum atomic E-state index is 10.4. The van der Waals surface area contributed by atoms with E-state index in [4.69, 9.17) is 5.11 Å². The molecule has 0 aliphatic heterocycles. The number of aliphatic hydroxyl groups is 1. The van der Waals surface area contributed by atoms with Gasteiger partial charge in [0.1, 0.15) is 6.61 Å². The Morgan fingerprint density at radius 1 is 1.36 bits per heavy atom. The van der Waals surface area contributed by atoms with Crippen molar-refractivity contribution in [1.29, 1.82) is 0 Å². The summed E-state index contributed by atoms with van der Waals surface area (Å²) in [7, 11) is 0. The minimum atomic E-state index is -0.943. The monoisotopic (exact) mass is 160 g/mol. The lowest BCUT2D eigenvalue weighted by molar-refractivity contribution is -0.154. The topological polar surface area (TPSA) is 72.8 Å². The molecule has 0 bridgehead atoms. The average molecular weight is 160 g/mol. The Labute approximate surface area is 63.9 Å². The number of aliphatic hydroxyl groups excluding tert-OH is 1. The molecule has 0 aliphatic carbocycles. The van der Waals surface area contributed by atoms with Gasteiger partial charge in [-0.05, 0) is 0 Å². The van der Waals surface area contributed by atoms with Gasteiger partial charge in [0.2, 0.25) is 0 Å². The Morgan fingerprint density at radius 3 is 2.45 bits per heavy atom. The van der Waals surface area contributed by atoms with E-state index in [1.807, 2.05) is 0 Å². The zero-order chi connectivity index (χ0) is 8.69. The van der Waals surface area contributed by atoms with Crippen LogP contribution in [-0.2, 0) is 19.1 Å². The van der Waals surface area contributed by atoms with E-state index in [9.17, 15) is 9.59 Å². The highest BCUT2D eigenvalue weighted by Gasteiger charge is 2.02. The Balaban J connectivity index is 3.24. The highest BCUT2D eigenvalue weighted by Crippen LogP contribution is 1.87. The molecule has 0 unspecified atom stereocenters. The second-order valence-corrected chi connectivity index (χ2v) is 1.56. The van der Waals surface area contributed by atoms with Gasteiger partial charge in [-0.2, -0.15) is 0 Å². The third kappa shape index (κ3) is 6.79. The Kier molecular flexibility index (Phi) is 5.10. The van der Waals surface area contributed by atoms with E-state index in [1.54, 1.807) is 0 Å². The van der Waals surface area contributed by atoms with Crippen LogP contribution in [0.5, 0.6) is 0 Å². The lowest BCUT2D eigenvalue weighted by atomic mass is 10.5. The summed E-state index contributed by atoms with van der Waals surface area (Å²) in [5.41, 5.74) is 0. The third-order valence-electron chi connectivity index (χ3n) is 0.776. The molecule has 5 heteroatoms. The van der Waals surface area contributed by atoms with E-state index in [0.717, 1.165) is 0 Å². The first-order valence-corrected chi connectivity index (χ1v) is 2.85. The Hall–Kier alpha value is -1.10. The molecule has 0 heterocycles. The number of esters is 2. The number of carbonyl (C=O) groups excluding carboxylic acids is 2. The van der Waals surface area contributed by atoms with Gasteiger partial charge in [-0.15, -0.1) is 0 Å². The summed E-state index contributed by atoms with van der Waals surface area (Å²) in [6.45, 7) is 3.79. The molecular weight excluding hydrogens is 152 g/mol. The van der Waals surface area contributed by atoms with Crippen molar-refractivity contribution in [1.82, 2.24) is 0 Å². The maximum absolute atomic E-state index is 10.4. The van der Waals surface area contributed by atoms with E-state index < -0.39 is 18.7 Å². The zero-order valence-electron chi connectivity index (χ0n) is 5.78. The Morgan fingerprint density at radius 2 is 2.00 bits per heavy atom. The van der Waals surface area contributed by atoms with Crippen LogP contribution in [0.3, 0.4) is 0 Å². The molecule has 0 saturated heterocycles. The summed E-state index contributed by atoms with van der Waals surface area (Å²) in [6, 6.07) is 0. The molecule has 0 aromatic rings. The molecule has 0 aromatic heterocycles. The molecule has 0 saturated carbocycles. The molecule has 0 aromatic carbocycles. The van der Waals surface area contributed by atoms with Crippen molar-refractivity contribution in [2.75, 3.05) is 13.4 Å². The summed E-state index contributed by atoms with van der Waals surface area (Å²) in [5.74, 6) is -1.59. The SMILES string of the molecule is [CH]C(=O)OCCC(=O)OCO. The average Bonchev–Trinajstić information content (AvgIpc) is 1.87. The van der Waals surface area contributed by atoms with Crippen molar-refractivity contribution >= 4 is 11.9 Å². The second kappa shape index (κ2) is 5.67. The van der Waals surface area contributed by atoms with E-state index >= 15 is 0 Å². The van der Waals surface area contributed by atoms with Gasteiger partial charge in [-0.1, -0.05) is 0 Å². The van der Waals surface area contributed by atoms with Crippen LogP contribution in [0.15, 0.2) is 0 Å². The van der Waals surface area contributed by atoms with Crippen molar-refractivity contribution < 1.29 is 24.2 Å². The smallest absolute Gasteiger partial charge is 0.311 e. The molecule has 62 valence electrons. The Bertz CT molecular complexity index is 142. The normalized spacial score (nSPS) is 8.91. The molecule has 0 amide bonds. The van der Waals surface area contributed by atoms with Crippen molar-refractivity contribution in [3.05, 3.63) is 6.92 Å². The number of rotatable bonds is 4. The second-order valence-electron chi connectivity index (χ2n) is 1.56. The lowest BCUT2D eigenvalue weighted by Crippen LogP contribution is -2.10. The largest absolute Gasteiger partial charge is 0.465 e. The summed E-state index contributed by atoms with van der Waals surface area (Å²) in [6.07, 6.45) is -0.108. The number of ether oxygens (including phenoxy) is 2. The van der Waals surface area contributed by atoms with Crippen molar-refractivity contribution in [3.63, 3.8) is 0 Å². The van der Waals surface area contributed by atoms with Gasteiger partial charge in [0.15, 0.2) is 6.79 Å². The maximum Gasteiger partial charge on any atom is 0.311 e. The van der Waals surface area contributed by atoms with Gasteiger partial charge in [0, 0.05) is 0 Å². The van der Waals surface area contributed by atoms with E-state index in [-0.39, 0.29) is 13.0 Å². The lowest BCUT2D eigenvalue weighted by Gasteiger charge is -2.00. The first-order valence-electron chi connectivity index (χ1n) is 2.85. The predicted octanol–water partition coefficient (Wildman–Crippen LogP) is -0.876.